The van der Waals surface area contributed by atoms with Crippen molar-refractivity contribution in [3.63, 3.8) is 0 Å². The van der Waals surface area contributed by atoms with Crippen molar-refractivity contribution in [2.75, 3.05) is 25.9 Å². The van der Waals surface area contributed by atoms with Crippen LogP contribution in [-0.2, 0) is 16.0 Å². The first kappa shape index (κ1) is 20.0. The fraction of sp³-hybridized carbons (Fsp3) is 0.550. The zero-order chi connectivity index (χ0) is 20.5. The summed E-state index contributed by atoms with van der Waals surface area (Å²) in [5.74, 6) is 0.239. The monoisotopic (exact) mass is 388 g/mol. The Kier molecular flexibility index (Phi) is 5.49. The third kappa shape index (κ3) is 4.37. The van der Waals surface area contributed by atoms with Gasteiger partial charge in [0.25, 0.3) is 0 Å². The average molecular weight is 388 g/mol. The van der Waals surface area contributed by atoms with E-state index in [2.05, 4.69) is 4.98 Å². The van der Waals surface area contributed by atoms with E-state index in [-0.39, 0.29) is 12.0 Å². The molecular formula is C20H28N4O4. The highest BCUT2D eigenvalue weighted by Gasteiger charge is 2.28. The Morgan fingerprint density at radius 2 is 2.07 bits per heavy atom. The standard InChI is InChI=1S/C20H28N4O4/c1-20(2,3)28-19(26)23-9-5-6-13(11-23)12-24-16-8-7-14(17(25)27-4)10-15(16)22-18(24)21/h7-8,10,13H,5-6,9,11-12H2,1-4H3,(H2,21,22). The third-order valence-electron chi connectivity index (χ3n) is 4.81. The number of rotatable bonds is 3. The fourth-order valence-corrected chi connectivity index (χ4v) is 3.55. The van der Waals surface area contributed by atoms with Crippen molar-refractivity contribution in [3.05, 3.63) is 23.8 Å². The Bertz CT molecular complexity index is 884. The van der Waals surface area contributed by atoms with Gasteiger partial charge in [0.05, 0.1) is 23.7 Å². The van der Waals surface area contributed by atoms with Crippen LogP contribution in [0.1, 0.15) is 44.0 Å². The Morgan fingerprint density at radius 3 is 2.75 bits per heavy atom. The quantitative estimate of drug-likeness (QED) is 0.811. The number of methoxy groups -OCH3 is 1. The number of nitrogens with two attached hydrogens (primary N) is 1. The number of carbonyl (C=O) groups excluding carboxylic acids is 2. The number of hydrogen-bond donors (Lipinski definition) is 1. The molecule has 1 aliphatic rings. The first-order valence-corrected chi connectivity index (χ1v) is 9.50. The first-order valence-electron chi connectivity index (χ1n) is 9.50. The maximum Gasteiger partial charge on any atom is 0.410 e. The zero-order valence-electron chi connectivity index (χ0n) is 16.9. The Labute approximate surface area is 164 Å². The maximum absolute atomic E-state index is 12.4. The number of fused-ring (bicyclic) bond motifs is 1. The van der Waals surface area contributed by atoms with E-state index in [0.717, 1.165) is 18.4 Å². The number of nitrogen functional groups attached to an aromatic ring is 1. The minimum absolute atomic E-state index is 0.251. The number of hydrogen-bond acceptors (Lipinski definition) is 6. The lowest BCUT2D eigenvalue weighted by Gasteiger charge is -2.34. The lowest BCUT2D eigenvalue weighted by molar-refractivity contribution is 0.0158. The van der Waals surface area contributed by atoms with E-state index >= 15 is 0 Å². The molecule has 1 unspecified atom stereocenters. The molecule has 8 nitrogen and oxygen atoms in total. The summed E-state index contributed by atoms with van der Waals surface area (Å²) in [5, 5.41) is 0. The van der Waals surface area contributed by atoms with Crippen molar-refractivity contribution < 1.29 is 19.1 Å². The van der Waals surface area contributed by atoms with Crippen molar-refractivity contribution in [1.29, 1.82) is 0 Å². The highest BCUT2D eigenvalue weighted by molar-refractivity contribution is 5.94. The van der Waals surface area contributed by atoms with E-state index in [1.54, 1.807) is 17.0 Å². The lowest BCUT2D eigenvalue weighted by atomic mass is 9.98. The number of amides is 1. The van der Waals surface area contributed by atoms with Gasteiger partial charge in [-0.1, -0.05) is 0 Å². The van der Waals surface area contributed by atoms with Crippen molar-refractivity contribution >= 4 is 29.0 Å². The maximum atomic E-state index is 12.4. The minimum atomic E-state index is -0.508. The number of aromatic nitrogens is 2. The first-order chi connectivity index (χ1) is 13.2. The highest BCUT2D eigenvalue weighted by atomic mass is 16.6. The number of anilines is 1. The number of esters is 1. The Morgan fingerprint density at radius 1 is 1.32 bits per heavy atom. The predicted octanol–water partition coefficient (Wildman–Crippen LogP) is 3.05. The number of piperidine rings is 1. The molecule has 1 atom stereocenters. The van der Waals surface area contributed by atoms with Gasteiger partial charge in [0.1, 0.15) is 5.60 Å². The molecule has 2 N–H and O–H groups in total. The van der Waals surface area contributed by atoms with Gasteiger partial charge in [-0.05, 0) is 57.7 Å². The average Bonchev–Trinajstić information content (AvgIpc) is 2.94. The van der Waals surface area contributed by atoms with Crippen molar-refractivity contribution in [2.24, 2.45) is 5.92 Å². The van der Waals surface area contributed by atoms with Gasteiger partial charge in [0, 0.05) is 19.6 Å². The molecule has 8 heteroatoms. The van der Waals surface area contributed by atoms with Crippen molar-refractivity contribution in [2.45, 2.75) is 45.8 Å². The van der Waals surface area contributed by atoms with Crippen LogP contribution in [0.15, 0.2) is 18.2 Å². The van der Waals surface area contributed by atoms with Crippen LogP contribution in [0.5, 0.6) is 0 Å². The molecule has 1 aromatic heterocycles. The van der Waals surface area contributed by atoms with E-state index < -0.39 is 11.6 Å². The number of ether oxygens (including phenoxy) is 2. The molecule has 0 aliphatic carbocycles. The second-order valence-electron chi connectivity index (χ2n) is 8.21. The molecule has 28 heavy (non-hydrogen) atoms. The van der Waals surface area contributed by atoms with Crippen molar-refractivity contribution in [3.8, 4) is 0 Å². The third-order valence-corrected chi connectivity index (χ3v) is 4.81. The molecule has 2 heterocycles. The van der Waals surface area contributed by atoms with Gasteiger partial charge >= 0.3 is 12.1 Å². The molecule has 1 amide bonds. The van der Waals surface area contributed by atoms with E-state index in [4.69, 9.17) is 15.2 Å². The molecule has 0 bridgehead atoms. The molecule has 2 aromatic rings. The van der Waals surface area contributed by atoms with Crippen LogP contribution in [0.25, 0.3) is 11.0 Å². The highest BCUT2D eigenvalue weighted by Crippen LogP contribution is 2.25. The molecular weight excluding hydrogens is 360 g/mol. The fourth-order valence-electron chi connectivity index (χ4n) is 3.55. The second-order valence-corrected chi connectivity index (χ2v) is 8.21. The summed E-state index contributed by atoms with van der Waals surface area (Å²) in [6.07, 6.45) is 1.64. The number of imidazole rings is 1. The molecule has 1 aliphatic heterocycles. The van der Waals surface area contributed by atoms with Gasteiger partial charge in [-0.2, -0.15) is 0 Å². The van der Waals surface area contributed by atoms with Crippen LogP contribution in [-0.4, -0.2) is 52.3 Å². The van der Waals surface area contributed by atoms with Gasteiger partial charge in [0.2, 0.25) is 5.95 Å². The summed E-state index contributed by atoms with van der Waals surface area (Å²) in [5.41, 5.74) is 7.58. The van der Waals surface area contributed by atoms with Gasteiger partial charge < -0.3 is 24.7 Å². The van der Waals surface area contributed by atoms with Crippen LogP contribution in [0, 0.1) is 5.92 Å². The van der Waals surface area contributed by atoms with Gasteiger partial charge in [0.15, 0.2) is 0 Å². The number of nitrogens with zero attached hydrogens (tertiary/aromatic N) is 3. The smallest absolute Gasteiger partial charge is 0.410 e. The molecule has 3 rings (SSSR count). The van der Waals surface area contributed by atoms with E-state index in [1.807, 2.05) is 31.4 Å². The van der Waals surface area contributed by atoms with Crippen LogP contribution in [0.3, 0.4) is 0 Å². The lowest BCUT2D eigenvalue weighted by Crippen LogP contribution is -2.43. The molecule has 0 radical (unpaired) electrons. The van der Waals surface area contributed by atoms with Gasteiger partial charge in [-0.3, -0.25) is 0 Å². The summed E-state index contributed by atoms with van der Waals surface area (Å²) >= 11 is 0. The number of likely N-dealkylation sites (tertiary alicyclic amines) is 1. The van der Waals surface area contributed by atoms with Crippen LogP contribution >= 0.6 is 0 Å². The molecule has 0 saturated carbocycles. The molecule has 0 spiro atoms. The minimum Gasteiger partial charge on any atom is -0.465 e. The summed E-state index contributed by atoms with van der Waals surface area (Å²) in [7, 11) is 1.35. The topological polar surface area (TPSA) is 99.7 Å². The zero-order valence-corrected chi connectivity index (χ0v) is 16.9. The second kappa shape index (κ2) is 7.69. The summed E-state index contributed by atoms with van der Waals surface area (Å²) in [4.78, 5) is 30.3. The van der Waals surface area contributed by atoms with Crippen LogP contribution in [0.4, 0.5) is 10.7 Å². The summed E-state index contributed by atoms with van der Waals surface area (Å²) in [6.45, 7) is 7.58. The van der Waals surface area contributed by atoms with E-state index in [9.17, 15) is 9.59 Å². The Hall–Kier alpha value is -2.77. The van der Waals surface area contributed by atoms with Gasteiger partial charge in [-0.25, -0.2) is 14.6 Å². The van der Waals surface area contributed by atoms with E-state index in [1.165, 1.54) is 7.11 Å². The molecule has 1 fully saturated rings. The molecule has 1 saturated heterocycles. The van der Waals surface area contributed by atoms with Crippen LogP contribution in [0.2, 0.25) is 0 Å². The largest absolute Gasteiger partial charge is 0.465 e. The summed E-state index contributed by atoms with van der Waals surface area (Å²) < 4.78 is 12.2. The molecule has 152 valence electrons. The SMILES string of the molecule is COC(=O)c1ccc2c(c1)nc(N)n2CC1CCCN(C(=O)OC(C)(C)C)C1. The van der Waals surface area contributed by atoms with Gasteiger partial charge in [-0.15, -0.1) is 0 Å². The number of carbonyl (C=O) groups is 2. The summed E-state index contributed by atoms with van der Waals surface area (Å²) in [6, 6.07) is 5.22. The predicted molar refractivity (Wildman–Crippen MR) is 106 cm³/mol. The van der Waals surface area contributed by atoms with Crippen molar-refractivity contribution in [1.82, 2.24) is 14.5 Å². The molecule has 1 aromatic carbocycles. The Balaban J connectivity index is 1.76. The van der Waals surface area contributed by atoms with Crippen LogP contribution < -0.4 is 5.73 Å². The number of benzene rings is 1. The normalized spacial score (nSPS) is 17.6. The van der Waals surface area contributed by atoms with E-state index in [0.29, 0.717) is 36.7 Å².